The summed E-state index contributed by atoms with van der Waals surface area (Å²) >= 11 is 5.76. The van der Waals surface area contributed by atoms with E-state index < -0.39 is 24.4 Å². The topological polar surface area (TPSA) is 98.9 Å². The number of nitro groups is 1. The lowest BCUT2D eigenvalue weighted by atomic mass is 10.1. The fourth-order valence-electron chi connectivity index (χ4n) is 1.82. The van der Waals surface area contributed by atoms with E-state index in [0.717, 1.165) is 0 Å². The second-order valence-corrected chi connectivity index (χ2v) is 6.83. The predicted octanol–water partition coefficient (Wildman–Crippen LogP) is 3.03. The highest BCUT2D eigenvalue weighted by Crippen LogP contribution is 2.63. The monoisotopic (exact) mass is 337 g/mol. The third-order valence-corrected chi connectivity index (χ3v) is 5.46. The summed E-state index contributed by atoms with van der Waals surface area (Å²) in [4.78, 5) is 10.1. The number of aliphatic hydroxyl groups is 1. The maximum Gasteiger partial charge on any atom is 0.373 e. The molecule has 1 unspecified atom stereocenters. The van der Waals surface area contributed by atoms with E-state index in [9.17, 15) is 19.8 Å². The Hall–Kier alpha value is -0.980. The van der Waals surface area contributed by atoms with Crippen molar-refractivity contribution >= 4 is 19.2 Å². The Morgan fingerprint density at radius 1 is 1.29 bits per heavy atom. The Morgan fingerprint density at radius 2 is 1.76 bits per heavy atom. The van der Waals surface area contributed by atoms with Crippen LogP contribution >= 0.6 is 19.2 Å². The van der Waals surface area contributed by atoms with Crippen LogP contribution in [0.3, 0.4) is 0 Å². The van der Waals surface area contributed by atoms with Crippen LogP contribution in [0.25, 0.3) is 0 Å². The molecule has 0 spiro atoms. The lowest BCUT2D eigenvalue weighted by Gasteiger charge is -2.31. The highest BCUT2D eigenvalue weighted by atomic mass is 35.5. The highest BCUT2D eigenvalue weighted by molar-refractivity contribution is 7.55. The molecule has 0 amide bonds. The van der Waals surface area contributed by atoms with E-state index in [0.29, 0.717) is 5.02 Å². The molecule has 0 bridgehead atoms. The van der Waals surface area contributed by atoms with Crippen molar-refractivity contribution in [3.8, 4) is 0 Å². The molecule has 0 aliphatic heterocycles. The van der Waals surface area contributed by atoms with Crippen LogP contribution in [0.1, 0.15) is 19.4 Å². The van der Waals surface area contributed by atoms with Crippen LogP contribution in [0.4, 0.5) is 0 Å². The van der Waals surface area contributed by atoms with Crippen LogP contribution in [-0.2, 0) is 19.0 Å². The molecule has 0 fully saturated rings. The van der Waals surface area contributed by atoms with Crippen molar-refractivity contribution in [3.05, 3.63) is 45.0 Å². The zero-order valence-corrected chi connectivity index (χ0v) is 13.3. The van der Waals surface area contributed by atoms with Gasteiger partial charge in [-0.25, -0.2) is 0 Å². The van der Waals surface area contributed by atoms with Gasteiger partial charge in [-0.3, -0.25) is 14.7 Å². The molecule has 0 saturated heterocycles. The largest absolute Gasteiger partial charge is 0.373 e. The molecular formula is C12H17ClNO6P. The molecule has 9 heteroatoms. The third-order valence-electron chi connectivity index (χ3n) is 2.71. The molecular weight excluding hydrogens is 321 g/mol. The Balaban J connectivity index is 3.39. The molecule has 0 aliphatic rings. The van der Waals surface area contributed by atoms with Crippen molar-refractivity contribution in [2.75, 3.05) is 19.8 Å². The van der Waals surface area contributed by atoms with Crippen molar-refractivity contribution in [3.63, 3.8) is 0 Å². The number of hydrogen-bond donors (Lipinski definition) is 1. The van der Waals surface area contributed by atoms with Gasteiger partial charge in [0.15, 0.2) is 0 Å². The Labute approximate surface area is 127 Å². The number of rotatable bonds is 8. The van der Waals surface area contributed by atoms with E-state index in [1.807, 2.05) is 0 Å². The summed E-state index contributed by atoms with van der Waals surface area (Å²) in [6.45, 7) is 2.06. The van der Waals surface area contributed by atoms with Gasteiger partial charge in [0.25, 0.3) is 5.34 Å². The number of nitrogens with zero attached hydrogens (tertiary/aromatic N) is 1. The van der Waals surface area contributed by atoms with Gasteiger partial charge in [0.2, 0.25) is 6.54 Å². The molecule has 1 atom stereocenters. The molecule has 1 N–H and O–H groups in total. The van der Waals surface area contributed by atoms with Crippen molar-refractivity contribution in [2.24, 2.45) is 0 Å². The smallest absolute Gasteiger partial charge is 0.368 e. The maximum absolute atomic E-state index is 12.8. The Kier molecular flexibility index (Phi) is 6.31. The van der Waals surface area contributed by atoms with E-state index in [-0.39, 0.29) is 18.8 Å². The van der Waals surface area contributed by atoms with Gasteiger partial charge >= 0.3 is 7.60 Å². The van der Waals surface area contributed by atoms with Gasteiger partial charge in [-0.2, -0.15) is 0 Å². The van der Waals surface area contributed by atoms with E-state index >= 15 is 0 Å². The summed E-state index contributed by atoms with van der Waals surface area (Å²) in [5.41, 5.74) is 0.0498. The van der Waals surface area contributed by atoms with Crippen molar-refractivity contribution in [1.29, 1.82) is 0 Å². The summed E-state index contributed by atoms with van der Waals surface area (Å²) in [5, 5.41) is 19.6. The molecule has 7 nitrogen and oxygen atoms in total. The third kappa shape index (κ3) is 4.02. The quantitative estimate of drug-likeness (QED) is 0.444. The molecule has 21 heavy (non-hydrogen) atoms. The van der Waals surface area contributed by atoms with E-state index in [1.165, 1.54) is 24.3 Å². The fraction of sp³-hybridized carbons (Fsp3) is 0.500. The second kappa shape index (κ2) is 7.33. The van der Waals surface area contributed by atoms with E-state index in [2.05, 4.69) is 0 Å². The molecule has 1 aromatic carbocycles. The van der Waals surface area contributed by atoms with Crippen LogP contribution in [0, 0.1) is 10.1 Å². The van der Waals surface area contributed by atoms with Crippen LogP contribution in [0.2, 0.25) is 5.02 Å². The van der Waals surface area contributed by atoms with Crippen molar-refractivity contribution in [1.82, 2.24) is 0 Å². The van der Waals surface area contributed by atoms with E-state index in [1.54, 1.807) is 13.8 Å². The lowest BCUT2D eigenvalue weighted by Crippen LogP contribution is -2.36. The Morgan fingerprint density at radius 3 is 2.14 bits per heavy atom. The second-order valence-electron chi connectivity index (χ2n) is 4.15. The van der Waals surface area contributed by atoms with Gasteiger partial charge in [0, 0.05) is 15.5 Å². The Bertz CT molecular complexity index is 527. The zero-order chi connectivity index (χ0) is 16.1. The van der Waals surface area contributed by atoms with Crippen LogP contribution < -0.4 is 0 Å². The van der Waals surface area contributed by atoms with Crippen molar-refractivity contribution < 1.29 is 23.6 Å². The zero-order valence-electron chi connectivity index (χ0n) is 11.7. The lowest BCUT2D eigenvalue weighted by molar-refractivity contribution is -0.496. The van der Waals surface area contributed by atoms with Gasteiger partial charge in [0.05, 0.1) is 13.2 Å². The molecule has 0 radical (unpaired) electrons. The first kappa shape index (κ1) is 18.1. The van der Waals surface area contributed by atoms with Gasteiger partial charge in [-0.1, -0.05) is 23.7 Å². The summed E-state index contributed by atoms with van der Waals surface area (Å²) in [6.07, 6.45) is 0. The van der Waals surface area contributed by atoms with Crippen LogP contribution in [0.15, 0.2) is 24.3 Å². The summed E-state index contributed by atoms with van der Waals surface area (Å²) in [6, 6.07) is 5.58. The van der Waals surface area contributed by atoms with E-state index in [4.69, 9.17) is 20.6 Å². The van der Waals surface area contributed by atoms with Gasteiger partial charge in [-0.15, -0.1) is 0 Å². The first-order chi connectivity index (χ1) is 9.79. The SMILES string of the molecule is CCOP(=O)(OCC)C(O)(C[N+](=O)[O-])c1ccc(Cl)cc1. The fourth-order valence-corrected chi connectivity index (χ4v) is 3.89. The van der Waals surface area contributed by atoms with Gasteiger partial charge in [0.1, 0.15) is 0 Å². The first-order valence-corrected chi connectivity index (χ1v) is 8.20. The molecule has 0 aromatic heterocycles. The van der Waals surface area contributed by atoms with Gasteiger partial charge < -0.3 is 14.2 Å². The van der Waals surface area contributed by atoms with Crippen LogP contribution in [0.5, 0.6) is 0 Å². The number of benzene rings is 1. The molecule has 0 aliphatic carbocycles. The standard InChI is InChI=1S/C12H17ClNO6P/c1-3-19-21(18,20-4-2)12(15,9-14(16)17)10-5-7-11(13)8-6-10/h5-8,15H,3-4,9H2,1-2H3. The number of halogens is 1. The maximum atomic E-state index is 12.8. The molecule has 118 valence electrons. The first-order valence-electron chi connectivity index (χ1n) is 6.28. The molecule has 1 rings (SSSR count). The van der Waals surface area contributed by atoms with Gasteiger partial charge in [-0.05, 0) is 26.0 Å². The van der Waals surface area contributed by atoms with Crippen molar-refractivity contribution in [2.45, 2.75) is 19.2 Å². The summed E-state index contributed by atoms with van der Waals surface area (Å²) < 4.78 is 23.0. The summed E-state index contributed by atoms with van der Waals surface area (Å²) in [5.74, 6) is 0. The summed E-state index contributed by atoms with van der Waals surface area (Å²) in [7, 11) is -4.16. The van der Waals surface area contributed by atoms with Crippen LogP contribution in [-0.4, -0.2) is 29.8 Å². The molecule has 0 heterocycles. The minimum Gasteiger partial charge on any atom is -0.368 e. The predicted molar refractivity (Wildman–Crippen MR) is 78.1 cm³/mol. The number of hydrogen-bond acceptors (Lipinski definition) is 6. The highest BCUT2D eigenvalue weighted by Gasteiger charge is 2.55. The normalized spacial score (nSPS) is 14.7. The molecule has 1 aromatic rings. The minimum atomic E-state index is -4.16. The average Bonchev–Trinajstić information content (AvgIpc) is 2.39. The molecule has 0 saturated carbocycles. The average molecular weight is 338 g/mol. The minimum absolute atomic E-state index is 0.0229.